The topological polar surface area (TPSA) is 75.6 Å². The van der Waals surface area contributed by atoms with Crippen molar-refractivity contribution in [1.82, 2.24) is 25.1 Å². The van der Waals surface area contributed by atoms with E-state index in [1.807, 2.05) is 31.2 Å². The summed E-state index contributed by atoms with van der Waals surface area (Å²) in [5, 5.41) is 7.41. The number of fused-ring (bicyclic) bond motifs is 1. The van der Waals surface area contributed by atoms with Crippen LogP contribution in [-0.4, -0.2) is 32.2 Å². The first-order chi connectivity index (χ1) is 14.0. The van der Waals surface area contributed by atoms with E-state index in [9.17, 15) is 9.18 Å². The molecule has 6 nitrogen and oxygen atoms in total. The molecule has 2 aromatic carbocycles. The number of hydrogen-bond donors (Lipinski definition) is 2. The van der Waals surface area contributed by atoms with Crippen LogP contribution in [0.5, 0.6) is 0 Å². The number of hydrogen-bond acceptors (Lipinski definition) is 3. The van der Waals surface area contributed by atoms with Crippen LogP contribution >= 0.6 is 0 Å². The van der Waals surface area contributed by atoms with Gasteiger partial charge in [0.15, 0.2) is 0 Å². The van der Waals surface area contributed by atoms with Crippen molar-refractivity contribution in [1.29, 1.82) is 0 Å². The van der Waals surface area contributed by atoms with Gasteiger partial charge in [-0.25, -0.2) is 14.1 Å². The van der Waals surface area contributed by atoms with Gasteiger partial charge in [-0.05, 0) is 56.7 Å². The van der Waals surface area contributed by atoms with Crippen molar-refractivity contribution in [3.05, 3.63) is 77.1 Å². The molecule has 2 heterocycles. The predicted octanol–water partition coefficient (Wildman–Crippen LogP) is 3.87. The molecule has 0 saturated carbocycles. The smallest absolute Gasteiger partial charge is 0.255 e. The number of aromatic nitrogens is 4. The maximum absolute atomic E-state index is 13.2. The van der Waals surface area contributed by atoms with Gasteiger partial charge in [-0.2, -0.15) is 5.10 Å². The molecule has 7 heteroatoms. The zero-order valence-corrected chi connectivity index (χ0v) is 16.4. The SMILES string of the molecule is Cc1nn(-c2ccc(F)cc2)c(C)c1C(=O)NCCCc1nc2ccccc2[nH]1. The Labute approximate surface area is 167 Å². The number of nitrogens with zero attached hydrogens (tertiary/aromatic N) is 3. The van der Waals surface area contributed by atoms with Gasteiger partial charge in [0.2, 0.25) is 0 Å². The average Bonchev–Trinajstić information content (AvgIpc) is 3.25. The molecule has 0 bridgehead atoms. The summed E-state index contributed by atoms with van der Waals surface area (Å²) in [5.74, 6) is 0.451. The molecule has 0 aliphatic carbocycles. The molecule has 0 saturated heterocycles. The van der Waals surface area contributed by atoms with Gasteiger partial charge in [-0.1, -0.05) is 12.1 Å². The van der Waals surface area contributed by atoms with E-state index >= 15 is 0 Å². The largest absolute Gasteiger partial charge is 0.352 e. The molecule has 29 heavy (non-hydrogen) atoms. The summed E-state index contributed by atoms with van der Waals surface area (Å²) < 4.78 is 14.8. The Hall–Kier alpha value is -3.48. The quantitative estimate of drug-likeness (QED) is 0.490. The van der Waals surface area contributed by atoms with E-state index in [0.29, 0.717) is 17.8 Å². The number of amides is 1. The number of carbonyl (C=O) groups excluding carboxylic acids is 1. The highest BCUT2D eigenvalue weighted by Gasteiger charge is 2.19. The number of imidazole rings is 1. The van der Waals surface area contributed by atoms with Crippen molar-refractivity contribution < 1.29 is 9.18 Å². The van der Waals surface area contributed by atoms with Gasteiger partial charge in [0, 0.05) is 13.0 Å². The second-order valence-corrected chi connectivity index (χ2v) is 6.99. The number of nitrogens with one attached hydrogen (secondary N) is 2. The van der Waals surface area contributed by atoms with E-state index in [0.717, 1.165) is 41.1 Å². The van der Waals surface area contributed by atoms with E-state index in [4.69, 9.17) is 0 Å². The third-order valence-corrected chi connectivity index (χ3v) is 4.90. The molecule has 0 atom stereocenters. The summed E-state index contributed by atoms with van der Waals surface area (Å²) in [6, 6.07) is 13.9. The average molecular weight is 391 g/mol. The van der Waals surface area contributed by atoms with Crippen LogP contribution in [0.1, 0.15) is 34.0 Å². The first kappa shape index (κ1) is 18.9. The molecule has 0 fully saturated rings. The molecule has 0 unspecified atom stereocenters. The molecular weight excluding hydrogens is 369 g/mol. The Morgan fingerprint density at radius 2 is 1.90 bits per heavy atom. The highest BCUT2D eigenvalue weighted by molar-refractivity contribution is 5.96. The van der Waals surface area contributed by atoms with E-state index in [-0.39, 0.29) is 11.7 Å². The molecule has 4 aromatic rings. The van der Waals surface area contributed by atoms with Crippen LogP contribution in [0.2, 0.25) is 0 Å². The maximum Gasteiger partial charge on any atom is 0.255 e. The fourth-order valence-corrected chi connectivity index (χ4v) is 3.48. The Morgan fingerprint density at radius 3 is 2.66 bits per heavy atom. The van der Waals surface area contributed by atoms with Crippen LogP contribution < -0.4 is 5.32 Å². The molecule has 148 valence electrons. The lowest BCUT2D eigenvalue weighted by atomic mass is 10.1. The first-order valence-corrected chi connectivity index (χ1v) is 9.57. The van der Waals surface area contributed by atoms with E-state index in [2.05, 4.69) is 20.4 Å². The van der Waals surface area contributed by atoms with Crippen molar-refractivity contribution in [3.8, 4) is 5.69 Å². The summed E-state index contributed by atoms with van der Waals surface area (Å²) in [4.78, 5) is 20.5. The highest BCUT2D eigenvalue weighted by Crippen LogP contribution is 2.18. The molecular formula is C22H22FN5O. The van der Waals surface area contributed by atoms with Gasteiger partial charge < -0.3 is 10.3 Å². The van der Waals surface area contributed by atoms with Crippen LogP contribution in [0.25, 0.3) is 16.7 Å². The van der Waals surface area contributed by atoms with Crippen molar-refractivity contribution in [2.45, 2.75) is 26.7 Å². The minimum Gasteiger partial charge on any atom is -0.352 e. The third kappa shape index (κ3) is 3.89. The van der Waals surface area contributed by atoms with Gasteiger partial charge in [-0.15, -0.1) is 0 Å². The van der Waals surface area contributed by atoms with Gasteiger partial charge >= 0.3 is 0 Å². The fraction of sp³-hybridized carbons (Fsp3) is 0.227. The van der Waals surface area contributed by atoms with Crippen molar-refractivity contribution in [3.63, 3.8) is 0 Å². The summed E-state index contributed by atoms with van der Waals surface area (Å²) in [6.07, 6.45) is 1.53. The van der Waals surface area contributed by atoms with Crippen molar-refractivity contribution in [2.24, 2.45) is 0 Å². The fourth-order valence-electron chi connectivity index (χ4n) is 3.48. The third-order valence-electron chi connectivity index (χ3n) is 4.90. The predicted molar refractivity (Wildman–Crippen MR) is 110 cm³/mol. The summed E-state index contributed by atoms with van der Waals surface area (Å²) >= 11 is 0. The highest BCUT2D eigenvalue weighted by atomic mass is 19.1. The standard InChI is InChI=1S/C22H22FN5O/c1-14-21(15(2)28(27-14)17-11-9-16(23)10-12-17)22(29)24-13-5-8-20-25-18-6-3-4-7-19(18)26-20/h3-4,6-7,9-12H,5,8,13H2,1-2H3,(H,24,29)(H,25,26). The van der Waals surface area contributed by atoms with Gasteiger partial charge in [0.05, 0.1) is 33.7 Å². The van der Waals surface area contributed by atoms with E-state index < -0.39 is 0 Å². The molecule has 0 aliphatic rings. The second kappa shape index (κ2) is 7.87. The van der Waals surface area contributed by atoms with Gasteiger partial charge in [0.25, 0.3) is 5.91 Å². The number of aryl methyl sites for hydroxylation is 2. The Morgan fingerprint density at radius 1 is 1.14 bits per heavy atom. The number of rotatable bonds is 6. The molecule has 2 N–H and O–H groups in total. The summed E-state index contributed by atoms with van der Waals surface area (Å²) in [5.41, 5.74) is 4.61. The number of H-pyrrole nitrogens is 1. The second-order valence-electron chi connectivity index (χ2n) is 6.99. The molecule has 0 spiro atoms. The lowest BCUT2D eigenvalue weighted by Gasteiger charge is -2.07. The van der Waals surface area contributed by atoms with E-state index in [1.54, 1.807) is 23.7 Å². The number of aromatic amines is 1. The molecule has 4 rings (SSSR count). The Bertz CT molecular complexity index is 1130. The Balaban J connectivity index is 1.39. The number of halogens is 1. The lowest BCUT2D eigenvalue weighted by molar-refractivity contribution is 0.0952. The van der Waals surface area contributed by atoms with Crippen LogP contribution in [-0.2, 0) is 6.42 Å². The van der Waals surface area contributed by atoms with Gasteiger partial charge in [-0.3, -0.25) is 4.79 Å². The van der Waals surface area contributed by atoms with Crippen molar-refractivity contribution >= 4 is 16.9 Å². The van der Waals surface area contributed by atoms with Crippen LogP contribution in [0.3, 0.4) is 0 Å². The molecule has 0 radical (unpaired) electrons. The minimum absolute atomic E-state index is 0.155. The number of carbonyl (C=O) groups is 1. The summed E-state index contributed by atoms with van der Waals surface area (Å²) in [6.45, 7) is 4.18. The minimum atomic E-state index is -0.308. The van der Waals surface area contributed by atoms with E-state index in [1.165, 1.54) is 12.1 Å². The molecule has 0 aliphatic heterocycles. The summed E-state index contributed by atoms with van der Waals surface area (Å²) in [7, 11) is 0. The van der Waals surface area contributed by atoms with Crippen LogP contribution in [0, 0.1) is 19.7 Å². The monoisotopic (exact) mass is 391 g/mol. The van der Waals surface area contributed by atoms with Crippen molar-refractivity contribution in [2.75, 3.05) is 6.54 Å². The zero-order chi connectivity index (χ0) is 20.4. The zero-order valence-electron chi connectivity index (χ0n) is 16.4. The first-order valence-electron chi connectivity index (χ1n) is 9.57. The number of para-hydroxylation sites is 2. The normalized spacial score (nSPS) is 11.1. The molecule has 1 amide bonds. The number of benzene rings is 2. The molecule has 2 aromatic heterocycles. The lowest BCUT2D eigenvalue weighted by Crippen LogP contribution is -2.26. The Kier molecular flexibility index (Phi) is 5.12. The van der Waals surface area contributed by atoms with Crippen LogP contribution in [0.4, 0.5) is 4.39 Å². The van der Waals surface area contributed by atoms with Crippen LogP contribution in [0.15, 0.2) is 48.5 Å². The maximum atomic E-state index is 13.2. The van der Waals surface area contributed by atoms with Gasteiger partial charge in [0.1, 0.15) is 11.6 Å².